The quantitative estimate of drug-likeness (QED) is 0.933. The number of carbonyl (C=O) groups is 1. The van der Waals surface area contributed by atoms with Crippen LogP contribution >= 0.6 is 11.6 Å². The fraction of sp³-hybridized carbons (Fsp3) is 0.333. The average molecular weight is 331 g/mol. The summed E-state index contributed by atoms with van der Waals surface area (Å²) in [4.78, 5) is 16.9. The Hall–Kier alpha value is -1.91. The molecule has 0 aliphatic carbocycles. The zero-order valence-electron chi connectivity index (χ0n) is 13.0. The Bertz CT molecular complexity index is 705. The number of halogens is 1. The Labute approximate surface area is 140 Å². The topological polar surface area (TPSA) is 51.2 Å². The Morgan fingerprint density at radius 1 is 1.30 bits per heavy atom. The largest absolute Gasteiger partial charge is 0.378 e. The van der Waals surface area contributed by atoms with E-state index in [1.54, 1.807) is 6.07 Å². The van der Waals surface area contributed by atoms with E-state index in [1.165, 1.54) is 0 Å². The number of carbonyl (C=O) groups excluding carboxylic acids is 1. The summed E-state index contributed by atoms with van der Waals surface area (Å²) in [5.41, 5.74) is 2.05. The van der Waals surface area contributed by atoms with Crippen LogP contribution in [0.1, 0.15) is 30.3 Å². The number of pyridine rings is 1. The van der Waals surface area contributed by atoms with Gasteiger partial charge in [-0.15, -0.1) is 0 Å². The molecule has 0 radical (unpaired) electrons. The highest BCUT2D eigenvalue weighted by Gasteiger charge is 2.22. The van der Waals surface area contributed by atoms with Crippen LogP contribution in [0.5, 0.6) is 0 Å². The van der Waals surface area contributed by atoms with Crippen molar-refractivity contribution in [1.82, 2.24) is 10.3 Å². The van der Waals surface area contributed by atoms with Gasteiger partial charge < -0.3 is 10.1 Å². The molecule has 2 aromatic rings. The normalized spacial score (nSPS) is 21.0. The van der Waals surface area contributed by atoms with Gasteiger partial charge in [-0.05, 0) is 44.0 Å². The number of rotatable bonds is 3. The molecule has 1 amide bonds. The molecule has 0 bridgehead atoms. The second-order valence-corrected chi connectivity index (χ2v) is 6.23. The fourth-order valence-electron chi connectivity index (χ4n) is 2.76. The van der Waals surface area contributed by atoms with Gasteiger partial charge in [0.15, 0.2) is 0 Å². The second-order valence-electron chi connectivity index (χ2n) is 5.79. The molecule has 0 spiro atoms. The second kappa shape index (κ2) is 7.11. The molecule has 23 heavy (non-hydrogen) atoms. The first-order chi connectivity index (χ1) is 11.1. The van der Waals surface area contributed by atoms with Crippen LogP contribution in [0.15, 0.2) is 42.5 Å². The van der Waals surface area contributed by atoms with E-state index in [9.17, 15) is 4.79 Å². The minimum atomic E-state index is -0.145. The Balaban J connectivity index is 1.75. The Morgan fingerprint density at radius 2 is 2.13 bits per heavy atom. The van der Waals surface area contributed by atoms with Crippen LogP contribution in [0.2, 0.25) is 5.02 Å². The third-order valence-corrected chi connectivity index (χ3v) is 4.16. The van der Waals surface area contributed by atoms with Crippen molar-refractivity contribution in [3.8, 4) is 11.3 Å². The van der Waals surface area contributed by atoms with E-state index in [-0.39, 0.29) is 18.1 Å². The van der Waals surface area contributed by atoms with E-state index >= 15 is 0 Å². The van der Waals surface area contributed by atoms with Crippen molar-refractivity contribution in [3.63, 3.8) is 0 Å². The molecule has 1 aliphatic rings. The van der Waals surface area contributed by atoms with Crippen molar-refractivity contribution >= 4 is 17.5 Å². The zero-order chi connectivity index (χ0) is 16.2. The summed E-state index contributed by atoms with van der Waals surface area (Å²) in [5.74, 6) is -0.145. The van der Waals surface area contributed by atoms with E-state index < -0.39 is 0 Å². The summed E-state index contributed by atoms with van der Waals surface area (Å²) in [6, 6.07) is 13.0. The monoisotopic (exact) mass is 330 g/mol. The minimum absolute atomic E-state index is 0.142. The van der Waals surface area contributed by atoms with Gasteiger partial charge in [0.05, 0.1) is 11.8 Å². The SMILES string of the molecule is CC1CC(NC(=O)c2cccc(-c3cccc(Cl)c3)n2)CCO1. The third-order valence-electron chi connectivity index (χ3n) is 3.92. The first-order valence-corrected chi connectivity index (χ1v) is 8.15. The highest BCUT2D eigenvalue weighted by molar-refractivity contribution is 6.30. The van der Waals surface area contributed by atoms with E-state index in [1.807, 2.05) is 43.3 Å². The molecule has 4 nitrogen and oxygen atoms in total. The number of nitrogens with one attached hydrogen (secondary N) is 1. The average Bonchev–Trinajstić information content (AvgIpc) is 2.55. The molecule has 1 aromatic carbocycles. The van der Waals surface area contributed by atoms with E-state index in [0.717, 1.165) is 24.1 Å². The first-order valence-electron chi connectivity index (χ1n) is 7.77. The van der Waals surface area contributed by atoms with Crippen molar-refractivity contribution in [2.75, 3.05) is 6.61 Å². The molecular weight excluding hydrogens is 312 g/mol. The number of nitrogens with zero attached hydrogens (tertiary/aromatic N) is 1. The number of aromatic nitrogens is 1. The van der Waals surface area contributed by atoms with Crippen LogP contribution in [0.25, 0.3) is 11.3 Å². The molecule has 5 heteroatoms. The lowest BCUT2D eigenvalue weighted by molar-refractivity contribution is 0.0136. The van der Waals surface area contributed by atoms with Gasteiger partial charge in [-0.25, -0.2) is 4.98 Å². The summed E-state index contributed by atoms with van der Waals surface area (Å²) in [5, 5.41) is 3.70. The Morgan fingerprint density at radius 3 is 2.91 bits per heavy atom. The molecule has 2 atom stereocenters. The number of benzene rings is 1. The molecule has 1 aliphatic heterocycles. The van der Waals surface area contributed by atoms with Gasteiger partial charge in [0.1, 0.15) is 5.69 Å². The third kappa shape index (κ3) is 4.09. The molecule has 2 unspecified atom stereocenters. The van der Waals surface area contributed by atoms with Crippen LogP contribution < -0.4 is 5.32 Å². The predicted octanol–water partition coefficient (Wildman–Crippen LogP) is 3.70. The van der Waals surface area contributed by atoms with Gasteiger partial charge >= 0.3 is 0 Å². The molecule has 2 heterocycles. The number of amides is 1. The van der Waals surface area contributed by atoms with Crippen LogP contribution in [-0.4, -0.2) is 29.6 Å². The number of hydrogen-bond donors (Lipinski definition) is 1. The van der Waals surface area contributed by atoms with Crippen LogP contribution in [0.3, 0.4) is 0 Å². The van der Waals surface area contributed by atoms with E-state index in [4.69, 9.17) is 16.3 Å². The summed E-state index contributed by atoms with van der Waals surface area (Å²) in [6.45, 7) is 2.71. The Kier molecular flexibility index (Phi) is 4.94. The maximum atomic E-state index is 12.4. The molecule has 1 N–H and O–H groups in total. The zero-order valence-corrected chi connectivity index (χ0v) is 13.7. The first kappa shape index (κ1) is 16.0. The molecule has 1 fully saturated rings. The molecule has 3 rings (SSSR count). The highest BCUT2D eigenvalue weighted by atomic mass is 35.5. The van der Waals surface area contributed by atoms with E-state index in [0.29, 0.717) is 17.3 Å². The van der Waals surface area contributed by atoms with Gasteiger partial charge in [0.25, 0.3) is 5.91 Å². The van der Waals surface area contributed by atoms with Crippen molar-refractivity contribution in [2.24, 2.45) is 0 Å². The molecule has 120 valence electrons. The lowest BCUT2D eigenvalue weighted by Gasteiger charge is -2.27. The predicted molar refractivity (Wildman–Crippen MR) is 90.6 cm³/mol. The molecule has 0 saturated carbocycles. The maximum Gasteiger partial charge on any atom is 0.270 e. The van der Waals surface area contributed by atoms with Crippen LogP contribution in [0.4, 0.5) is 0 Å². The fourth-order valence-corrected chi connectivity index (χ4v) is 2.95. The lowest BCUT2D eigenvalue weighted by Crippen LogP contribution is -2.41. The summed E-state index contributed by atoms with van der Waals surface area (Å²) >= 11 is 6.02. The van der Waals surface area contributed by atoms with Gasteiger partial charge in [0, 0.05) is 23.2 Å². The molecule has 1 aromatic heterocycles. The van der Waals surface area contributed by atoms with Gasteiger partial charge in [-0.3, -0.25) is 4.79 Å². The van der Waals surface area contributed by atoms with Gasteiger partial charge in [-0.1, -0.05) is 29.8 Å². The van der Waals surface area contributed by atoms with Gasteiger partial charge in [0.2, 0.25) is 0 Å². The number of ether oxygens (including phenoxy) is 1. The molecule has 1 saturated heterocycles. The van der Waals surface area contributed by atoms with Crippen molar-refractivity contribution in [1.29, 1.82) is 0 Å². The smallest absolute Gasteiger partial charge is 0.270 e. The van der Waals surface area contributed by atoms with Crippen LogP contribution in [-0.2, 0) is 4.74 Å². The van der Waals surface area contributed by atoms with Crippen LogP contribution in [0, 0.1) is 0 Å². The summed E-state index contributed by atoms with van der Waals surface area (Å²) in [6.07, 6.45) is 1.85. The molecular formula is C18H19ClN2O2. The lowest BCUT2D eigenvalue weighted by atomic mass is 10.0. The number of hydrogen-bond acceptors (Lipinski definition) is 3. The van der Waals surface area contributed by atoms with Crippen molar-refractivity contribution in [3.05, 3.63) is 53.2 Å². The maximum absolute atomic E-state index is 12.4. The standard InChI is InChI=1S/C18H19ClN2O2/c1-12-10-15(8-9-23-12)20-18(22)17-7-3-6-16(21-17)13-4-2-5-14(19)11-13/h2-7,11-12,15H,8-10H2,1H3,(H,20,22). The minimum Gasteiger partial charge on any atom is -0.378 e. The van der Waals surface area contributed by atoms with E-state index in [2.05, 4.69) is 10.3 Å². The van der Waals surface area contributed by atoms with Gasteiger partial charge in [-0.2, -0.15) is 0 Å². The highest BCUT2D eigenvalue weighted by Crippen LogP contribution is 2.21. The summed E-state index contributed by atoms with van der Waals surface area (Å²) < 4.78 is 5.50. The van der Waals surface area contributed by atoms with Crippen molar-refractivity contribution in [2.45, 2.75) is 31.9 Å². The summed E-state index contributed by atoms with van der Waals surface area (Å²) in [7, 11) is 0. The van der Waals surface area contributed by atoms with Crippen molar-refractivity contribution < 1.29 is 9.53 Å².